The Balaban J connectivity index is 1.65. The van der Waals surface area contributed by atoms with Crippen LogP contribution in [-0.2, 0) is 4.79 Å². The molecule has 2 aromatic carbocycles. The first kappa shape index (κ1) is 19.9. The molecule has 29 heavy (non-hydrogen) atoms. The second-order valence-electron chi connectivity index (χ2n) is 7.02. The number of ether oxygens (including phenoxy) is 1. The van der Waals surface area contributed by atoms with Crippen molar-refractivity contribution >= 4 is 39.3 Å². The fourth-order valence-electron chi connectivity index (χ4n) is 3.38. The molecular formula is C22H22BrN3O2S. The van der Waals surface area contributed by atoms with Gasteiger partial charge in [0.25, 0.3) is 0 Å². The molecule has 150 valence electrons. The molecule has 5 nitrogen and oxygen atoms in total. The smallest absolute Gasteiger partial charge is 0.240 e. The van der Waals surface area contributed by atoms with Crippen LogP contribution in [0.1, 0.15) is 22.9 Å². The summed E-state index contributed by atoms with van der Waals surface area (Å²) in [5.74, 6) is 0.761. The topological polar surface area (TPSA) is 55.3 Å². The molecule has 1 aliphatic heterocycles. The Morgan fingerprint density at radius 2 is 1.90 bits per heavy atom. The maximum Gasteiger partial charge on any atom is 0.240 e. The molecule has 0 saturated carbocycles. The number of carbonyl (C=O) groups excluding carboxylic acids is 1. The first-order chi connectivity index (χ1) is 14.0. The SMILES string of the molecule is COc1ccc([C@@H]2Nn3c(C)ccc3S[C@@H]2C(=O)Nc2ccc(Br)c(C)c2)cc1. The zero-order valence-corrected chi connectivity index (χ0v) is 18.8. The van der Waals surface area contributed by atoms with E-state index in [2.05, 4.69) is 32.7 Å². The number of thioether (sulfide) groups is 1. The Labute approximate surface area is 182 Å². The highest BCUT2D eigenvalue weighted by molar-refractivity contribution is 9.10. The third-order valence-corrected chi connectivity index (χ3v) is 7.21. The molecule has 2 atom stereocenters. The van der Waals surface area contributed by atoms with Crippen LogP contribution in [0.5, 0.6) is 5.75 Å². The van der Waals surface area contributed by atoms with Gasteiger partial charge in [0.1, 0.15) is 11.0 Å². The van der Waals surface area contributed by atoms with Crippen molar-refractivity contribution in [2.24, 2.45) is 0 Å². The number of fused-ring (bicyclic) bond motifs is 1. The summed E-state index contributed by atoms with van der Waals surface area (Å²) in [7, 11) is 1.65. The third kappa shape index (κ3) is 4.02. The van der Waals surface area contributed by atoms with Gasteiger partial charge in [-0.3, -0.25) is 9.47 Å². The van der Waals surface area contributed by atoms with E-state index in [9.17, 15) is 4.79 Å². The molecule has 0 bridgehead atoms. The standard InChI is InChI=1S/C22H22BrN3O2S/c1-13-12-16(7-10-18(13)23)24-22(27)21-20(15-5-8-17(28-3)9-6-15)25-26-14(2)4-11-19(26)29-21/h4-12,20-21,25H,1-3H3,(H,24,27)/t20-,21-/m0/s1. The van der Waals surface area contributed by atoms with Gasteiger partial charge in [-0.05, 0) is 67.4 Å². The van der Waals surface area contributed by atoms with Crippen LogP contribution in [-0.4, -0.2) is 22.9 Å². The van der Waals surface area contributed by atoms with Gasteiger partial charge in [-0.2, -0.15) is 0 Å². The average molecular weight is 472 g/mol. The number of anilines is 1. The first-order valence-corrected chi connectivity index (χ1v) is 11.0. The zero-order chi connectivity index (χ0) is 20.5. The number of rotatable bonds is 4. The quantitative estimate of drug-likeness (QED) is 0.543. The highest BCUT2D eigenvalue weighted by Crippen LogP contribution is 2.39. The number of halogens is 1. The number of benzene rings is 2. The van der Waals surface area contributed by atoms with Gasteiger partial charge in [0.15, 0.2) is 0 Å². The molecule has 0 radical (unpaired) electrons. The maximum absolute atomic E-state index is 13.3. The van der Waals surface area contributed by atoms with Gasteiger partial charge in [-0.1, -0.05) is 39.8 Å². The van der Waals surface area contributed by atoms with Gasteiger partial charge in [0, 0.05) is 15.9 Å². The van der Waals surface area contributed by atoms with Gasteiger partial charge in [-0.15, -0.1) is 0 Å². The van der Waals surface area contributed by atoms with Gasteiger partial charge in [-0.25, -0.2) is 0 Å². The molecule has 3 aromatic rings. The Morgan fingerprint density at radius 1 is 1.14 bits per heavy atom. The van der Waals surface area contributed by atoms with Crippen molar-refractivity contribution in [1.82, 2.24) is 4.68 Å². The molecule has 4 rings (SSSR count). The number of nitrogens with zero attached hydrogens (tertiary/aromatic N) is 1. The predicted octanol–water partition coefficient (Wildman–Crippen LogP) is 5.27. The van der Waals surface area contributed by atoms with E-state index in [1.54, 1.807) is 18.9 Å². The van der Waals surface area contributed by atoms with Crippen LogP contribution in [0, 0.1) is 13.8 Å². The molecule has 1 amide bonds. The number of nitrogens with one attached hydrogen (secondary N) is 2. The van der Waals surface area contributed by atoms with Crippen LogP contribution < -0.4 is 15.5 Å². The Hall–Kier alpha value is -2.38. The summed E-state index contributed by atoms with van der Waals surface area (Å²) in [5.41, 5.74) is 7.53. The van der Waals surface area contributed by atoms with Crippen LogP contribution in [0.25, 0.3) is 0 Å². The summed E-state index contributed by atoms with van der Waals surface area (Å²) >= 11 is 5.08. The fourth-order valence-corrected chi connectivity index (χ4v) is 4.85. The molecule has 0 spiro atoms. The number of aryl methyl sites for hydroxylation is 2. The number of methoxy groups -OCH3 is 1. The van der Waals surface area contributed by atoms with E-state index in [-0.39, 0.29) is 17.2 Å². The lowest BCUT2D eigenvalue weighted by atomic mass is 10.0. The second kappa shape index (κ2) is 8.16. The normalized spacial score (nSPS) is 17.9. The Morgan fingerprint density at radius 3 is 2.59 bits per heavy atom. The van der Waals surface area contributed by atoms with Crippen molar-refractivity contribution < 1.29 is 9.53 Å². The molecule has 2 N–H and O–H groups in total. The van der Waals surface area contributed by atoms with E-state index in [1.165, 1.54) is 0 Å². The van der Waals surface area contributed by atoms with Crippen molar-refractivity contribution in [1.29, 1.82) is 0 Å². The summed E-state index contributed by atoms with van der Waals surface area (Å²) < 4.78 is 8.35. The molecular weight excluding hydrogens is 450 g/mol. The molecule has 0 unspecified atom stereocenters. The van der Waals surface area contributed by atoms with E-state index in [0.717, 1.165) is 37.8 Å². The number of hydrogen-bond acceptors (Lipinski definition) is 4. The second-order valence-corrected chi connectivity index (χ2v) is 9.04. The lowest BCUT2D eigenvalue weighted by Crippen LogP contribution is -2.41. The van der Waals surface area contributed by atoms with Crippen molar-refractivity contribution in [3.05, 3.63) is 75.9 Å². The van der Waals surface area contributed by atoms with Gasteiger partial charge >= 0.3 is 0 Å². The largest absolute Gasteiger partial charge is 0.497 e. The zero-order valence-electron chi connectivity index (χ0n) is 16.4. The van der Waals surface area contributed by atoms with Crippen molar-refractivity contribution in [2.75, 3.05) is 17.9 Å². The van der Waals surface area contributed by atoms with E-state index in [4.69, 9.17) is 4.74 Å². The van der Waals surface area contributed by atoms with E-state index in [0.29, 0.717) is 0 Å². The highest BCUT2D eigenvalue weighted by atomic mass is 79.9. The summed E-state index contributed by atoms with van der Waals surface area (Å²) in [4.78, 5) is 13.3. The monoisotopic (exact) mass is 471 g/mol. The maximum atomic E-state index is 13.3. The van der Waals surface area contributed by atoms with E-state index in [1.807, 2.05) is 67.1 Å². The van der Waals surface area contributed by atoms with Gasteiger partial charge < -0.3 is 15.5 Å². The van der Waals surface area contributed by atoms with Crippen LogP contribution in [0.2, 0.25) is 0 Å². The van der Waals surface area contributed by atoms with E-state index >= 15 is 0 Å². The number of hydrogen-bond donors (Lipinski definition) is 2. The predicted molar refractivity (Wildman–Crippen MR) is 121 cm³/mol. The van der Waals surface area contributed by atoms with Crippen molar-refractivity contribution in [3.8, 4) is 5.75 Å². The molecule has 1 aliphatic rings. The summed E-state index contributed by atoms with van der Waals surface area (Å²) in [6.45, 7) is 4.06. The first-order valence-electron chi connectivity index (χ1n) is 9.29. The fraction of sp³-hybridized carbons (Fsp3) is 0.227. The van der Waals surface area contributed by atoms with Crippen molar-refractivity contribution in [3.63, 3.8) is 0 Å². The Kier molecular flexibility index (Phi) is 5.61. The molecule has 0 fully saturated rings. The van der Waals surface area contributed by atoms with Crippen LogP contribution >= 0.6 is 27.7 Å². The lowest BCUT2D eigenvalue weighted by Gasteiger charge is -2.34. The van der Waals surface area contributed by atoms with Gasteiger partial charge in [0.05, 0.1) is 18.2 Å². The van der Waals surface area contributed by atoms with Crippen molar-refractivity contribution in [2.45, 2.75) is 30.2 Å². The van der Waals surface area contributed by atoms with Crippen LogP contribution in [0.4, 0.5) is 5.69 Å². The molecule has 0 aliphatic carbocycles. The number of amides is 1. The average Bonchev–Trinajstić information content (AvgIpc) is 3.10. The third-order valence-electron chi connectivity index (χ3n) is 5.02. The minimum Gasteiger partial charge on any atom is -0.497 e. The minimum absolute atomic E-state index is 0.0323. The molecule has 1 aromatic heterocycles. The molecule has 0 saturated heterocycles. The number of aromatic nitrogens is 1. The molecule has 7 heteroatoms. The lowest BCUT2D eigenvalue weighted by molar-refractivity contribution is -0.116. The minimum atomic E-state index is -0.325. The van der Waals surface area contributed by atoms with Gasteiger partial charge in [0.2, 0.25) is 5.91 Å². The number of carbonyl (C=O) groups is 1. The van der Waals surface area contributed by atoms with Crippen LogP contribution in [0.3, 0.4) is 0 Å². The summed E-state index contributed by atoms with van der Waals surface area (Å²) in [5, 5.41) is 3.79. The molecule has 2 heterocycles. The summed E-state index contributed by atoms with van der Waals surface area (Å²) in [6.07, 6.45) is 0. The highest BCUT2D eigenvalue weighted by Gasteiger charge is 2.36. The van der Waals surface area contributed by atoms with E-state index < -0.39 is 0 Å². The van der Waals surface area contributed by atoms with Crippen LogP contribution in [0.15, 0.2) is 64.1 Å². The summed E-state index contributed by atoms with van der Waals surface area (Å²) in [6, 6.07) is 17.6. The Bertz CT molecular complexity index is 1050.